The molecule has 1 heterocycles. The van der Waals surface area contributed by atoms with Crippen molar-refractivity contribution in [3.05, 3.63) is 95.6 Å². The van der Waals surface area contributed by atoms with Crippen molar-refractivity contribution in [1.29, 1.82) is 0 Å². The summed E-state index contributed by atoms with van der Waals surface area (Å²) in [4.78, 5) is 8.40. The van der Waals surface area contributed by atoms with E-state index in [2.05, 4.69) is 16.9 Å². The van der Waals surface area contributed by atoms with Gasteiger partial charge in [-0.2, -0.15) is 0 Å². The van der Waals surface area contributed by atoms with Crippen LogP contribution in [0.15, 0.2) is 60.9 Å². The van der Waals surface area contributed by atoms with Gasteiger partial charge in [-0.1, -0.05) is 31.9 Å². The molecule has 0 fully saturated rings. The SMILES string of the molecule is CCCCCc1cnc(-c2cc(F)c(-c3cc(F)c(-c4ccc(F)cc4)c(F)c3)c(F)c2)nc1. The number of rotatable bonds is 7. The molecule has 3 aromatic carbocycles. The van der Waals surface area contributed by atoms with Gasteiger partial charge in [0.15, 0.2) is 5.82 Å². The van der Waals surface area contributed by atoms with Crippen LogP contribution in [0, 0.1) is 29.1 Å². The quantitative estimate of drug-likeness (QED) is 0.203. The van der Waals surface area contributed by atoms with Crippen LogP contribution >= 0.6 is 0 Å². The lowest BCUT2D eigenvalue weighted by Crippen LogP contribution is -1.98. The maximum Gasteiger partial charge on any atom is 0.159 e. The van der Waals surface area contributed by atoms with Crippen molar-refractivity contribution in [3.63, 3.8) is 0 Å². The highest BCUT2D eigenvalue weighted by molar-refractivity contribution is 5.74. The summed E-state index contributed by atoms with van der Waals surface area (Å²) in [6.07, 6.45) is 7.25. The van der Waals surface area contributed by atoms with Gasteiger partial charge in [-0.3, -0.25) is 0 Å². The highest BCUT2D eigenvalue weighted by atomic mass is 19.1. The first-order valence-electron chi connectivity index (χ1n) is 10.9. The van der Waals surface area contributed by atoms with Gasteiger partial charge < -0.3 is 0 Å². The smallest absolute Gasteiger partial charge is 0.159 e. The second-order valence-electron chi connectivity index (χ2n) is 8.01. The van der Waals surface area contributed by atoms with Crippen LogP contribution in [-0.4, -0.2) is 9.97 Å². The maximum atomic E-state index is 14.9. The number of unbranched alkanes of at least 4 members (excludes halogenated alkanes) is 2. The Balaban J connectivity index is 1.65. The zero-order valence-corrected chi connectivity index (χ0v) is 18.4. The topological polar surface area (TPSA) is 25.8 Å². The number of nitrogens with zero attached hydrogens (tertiary/aromatic N) is 2. The number of hydrogen-bond acceptors (Lipinski definition) is 2. The summed E-state index contributed by atoms with van der Waals surface area (Å²) < 4.78 is 72.5. The van der Waals surface area contributed by atoms with Crippen LogP contribution in [0.25, 0.3) is 33.6 Å². The van der Waals surface area contributed by atoms with Gasteiger partial charge in [0.1, 0.15) is 29.1 Å². The standard InChI is InChI=1S/C27H21F5N2/c1-2-3-4-5-16-14-33-27(34-15-16)19-12-23(31)26(24(32)13-19)18-10-21(29)25(22(30)11-18)17-6-8-20(28)9-7-17/h6-15H,2-5H2,1H3. The van der Waals surface area contributed by atoms with Crippen molar-refractivity contribution in [3.8, 4) is 33.6 Å². The average molecular weight is 468 g/mol. The van der Waals surface area contributed by atoms with Gasteiger partial charge >= 0.3 is 0 Å². The maximum absolute atomic E-state index is 14.9. The first-order valence-corrected chi connectivity index (χ1v) is 10.9. The Morgan fingerprint density at radius 2 is 1.12 bits per heavy atom. The monoisotopic (exact) mass is 468 g/mol. The van der Waals surface area contributed by atoms with E-state index in [-0.39, 0.29) is 22.5 Å². The highest BCUT2D eigenvalue weighted by Gasteiger charge is 2.20. The van der Waals surface area contributed by atoms with Crippen LogP contribution < -0.4 is 0 Å². The number of halogens is 5. The Kier molecular flexibility index (Phi) is 7.01. The molecule has 0 aliphatic heterocycles. The molecule has 0 aliphatic rings. The molecule has 0 amide bonds. The fourth-order valence-corrected chi connectivity index (χ4v) is 3.80. The molecule has 34 heavy (non-hydrogen) atoms. The van der Waals surface area contributed by atoms with Gasteiger partial charge in [0.2, 0.25) is 0 Å². The molecule has 4 aromatic rings. The summed E-state index contributed by atoms with van der Waals surface area (Å²) in [6.45, 7) is 2.11. The minimum absolute atomic E-state index is 0.106. The van der Waals surface area contributed by atoms with Crippen molar-refractivity contribution < 1.29 is 22.0 Å². The van der Waals surface area contributed by atoms with E-state index >= 15 is 0 Å². The van der Waals surface area contributed by atoms with E-state index in [0.29, 0.717) is 0 Å². The Morgan fingerprint density at radius 1 is 0.618 bits per heavy atom. The van der Waals surface area contributed by atoms with Crippen LogP contribution in [0.4, 0.5) is 22.0 Å². The zero-order chi connectivity index (χ0) is 24.2. The second kappa shape index (κ2) is 10.1. The summed E-state index contributed by atoms with van der Waals surface area (Å²) in [6, 6.07) is 8.36. The minimum Gasteiger partial charge on any atom is -0.236 e. The third kappa shape index (κ3) is 4.98. The molecule has 0 radical (unpaired) electrons. The van der Waals surface area contributed by atoms with Gasteiger partial charge in [-0.05, 0) is 65.9 Å². The lowest BCUT2D eigenvalue weighted by molar-refractivity contribution is 0.581. The third-order valence-corrected chi connectivity index (χ3v) is 5.54. The van der Waals surface area contributed by atoms with Gasteiger partial charge in [-0.25, -0.2) is 31.9 Å². The number of aromatic nitrogens is 2. The summed E-state index contributed by atoms with van der Waals surface area (Å²) in [5, 5.41) is 0. The van der Waals surface area contributed by atoms with Crippen LogP contribution in [0.2, 0.25) is 0 Å². The number of hydrogen-bond donors (Lipinski definition) is 0. The lowest BCUT2D eigenvalue weighted by atomic mass is 9.97. The predicted molar refractivity (Wildman–Crippen MR) is 121 cm³/mol. The Bertz CT molecular complexity index is 1260. The molecule has 4 rings (SSSR count). The van der Waals surface area contributed by atoms with Crippen LogP contribution in [0.5, 0.6) is 0 Å². The van der Waals surface area contributed by atoms with Crippen molar-refractivity contribution in [2.75, 3.05) is 0 Å². The van der Waals surface area contributed by atoms with E-state index < -0.39 is 40.2 Å². The molecule has 0 saturated heterocycles. The first kappa shape index (κ1) is 23.5. The molecule has 0 aliphatic carbocycles. The Labute approximate surface area is 194 Å². The van der Waals surface area contributed by atoms with Crippen molar-refractivity contribution >= 4 is 0 Å². The highest BCUT2D eigenvalue weighted by Crippen LogP contribution is 2.35. The summed E-state index contributed by atoms with van der Waals surface area (Å²) in [7, 11) is 0. The van der Waals surface area contributed by atoms with Crippen LogP contribution in [0.3, 0.4) is 0 Å². The van der Waals surface area contributed by atoms with E-state index in [9.17, 15) is 22.0 Å². The lowest BCUT2D eigenvalue weighted by Gasteiger charge is -2.11. The van der Waals surface area contributed by atoms with Crippen molar-refractivity contribution in [1.82, 2.24) is 9.97 Å². The Hall–Kier alpha value is -3.61. The molecule has 0 saturated carbocycles. The zero-order valence-electron chi connectivity index (χ0n) is 18.4. The molecule has 174 valence electrons. The fraction of sp³-hybridized carbons (Fsp3) is 0.185. The van der Waals surface area contributed by atoms with Crippen molar-refractivity contribution in [2.24, 2.45) is 0 Å². The van der Waals surface area contributed by atoms with Gasteiger partial charge in [0.25, 0.3) is 0 Å². The molecule has 0 atom stereocenters. The van der Waals surface area contributed by atoms with Crippen LogP contribution in [0.1, 0.15) is 31.7 Å². The molecule has 2 nitrogen and oxygen atoms in total. The summed E-state index contributed by atoms with van der Waals surface area (Å²) in [5.74, 6) is -4.45. The van der Waals surface area contributed by atoms with E-state index in [1.807, 2.05) is 0 Å². The molecule has 0 spiro atoms. The summed E-state index contributed by atoms with van der Waals surface area (Å²) >= 11 is 0. The molecule has 0 bridgehead atoms. The normalized spacial score (nSPS) is 11.1. The molecule has 0 N–H and O–H groups in total. The van der Waals surface area contributed by atoms with Crippen molar-refractivity contribution in [2.45, 2.75) is 32.6 Å². The van der Waals surface area contributed by atoms with Gasteiger partial charge in [0, 0.05) is 18.0 Å². The van der Waals surface area contributed by atoms with Gasteiger partial charge in [-0.15, -0.1) is 0 Å². The molecule has 7 heteroatoms. The minimum atomic E-state index is -1.02. The molecule has 1 aromatic heterocycles. The molecular weight excluding hydrogens is 447 g/mol. The molecular formula is C27H21F5N2. The Morgan fingerprint density at radius 3 is 1.65 bits per heavy atom. The van der Waals surface area contributed by atoms with Gasteiger partial charge in [0.05, 0.1) is 11.1 Å². The number of benzene rings is 3. The molecule has 0 unspecified atom stereocenters. The second-order valence-corrected chi connectivity index (χ2v) is 8.01. The van der Waals surface area contributed by atoms with E-state index in [0.717, 1.165) is 67.6 Å². The number of aryl methyl sites for hydroxylation is 1. The van der Waals surface area contributed by atoms with E-state index in [1.165, 1.54) is 12.1 Å². The fourth-order valence-electron chi connectivity index (χ4n) is 3.80. The predicted octanol–water partition coefficient (Wildman–Crippen LogP) is 7.91. The van der Waals surface area contributed by atoms with E-state index in [4.69, 9.17) is 0 Å². The largest absolute Gasteiger partial charge is 0.236 e. The summed E-state index contributed by atoms with van der Waals surface area (Å²) in [5.41, 5.74) is -0.120. The van der Waals surface area contributed by atoms with E-state index in [1.54, 1.807) is 12.4 Å². The van der Waals surface area contributed by atoms with Crippen LogP contribution in [-0.2, 0) is 6.42 Å². The first-order chi connectivity index (χ1) is 16.4. The average Bonchev–Trinajstić information content (AvgIpc) is 2.80. The third-order valence-electron chi connectivity index (χ3n) is 5.54.